The lowest BCUT2D eigenvalue weighted by molar-refractivity contribution is -0.183. The Hall–Kier alpha value is -0.545. The van der Waals surface area contributed by atoms with Crippen LogP contribution in [0.15, 0.2) is 0 Å². The Kier molecular flexibility index (Phi) is 5.29. The van der Waals surface area contributed by atoms with Crippen LogP contribution in [0.25, 0.3) is 0 Å². The molecule has 1 spiro atoms. The van der Waals surface area contributed by atoms with Crippen LogP contribution < -0.4 is 0 Å². The Labute approximate surface area is 159 Å². The second-order valence-electron chi connectivity index (χ2n) is 10.9. The minimum Gasteiger partial charge on any atom is -0.460 e. The number of hydrogen-bond acceptors (Lipinski definition) is 4. The van der Waals surface area contributed by atoms with Gasteiger partial charge in [-0.15, -0.1) is 0 Å². The highest BCUT2D eigenvalue weighted by Gasteiger charge is 2.65. The molecule has 5 heteroatoms. The van der Waals surface area contributed by atoms with Crippen LogP contribution in [0.2, 0.25) is 5.82 Å². The normalized spacial score (nSPS) is 34.1. The molecule has 0 radical (unpaired) electrons. The van der Waals surface area contributed by atoms with Gasteiger partial charge in [-0.3, -0.25) is 4.79 Å². The lowest BCUT2D eigenvalue weighted by Gasteiger charge is -2.63. The van der Waals surface area contributed by atoms with Gasteiger partial charge < -0.3 is 14.0 Å². The van der Waals surface area contributed by atoms with Gasteiger partial charge >= 0.3 is 13.1 Å². The van der Waals surface area contributed by atoms with Gasteiger partial charge in [-0.1, -0.05) is 27.7 Å². The van der Waals surface area contributed by atoms with E-state index in [1.54, 1.807) is 0 Å². The molecule has 0 aromatic carbocycles. The topological polar surface area (TPSA) is 44.8 Å². The Morgan fingerprint density at radius 2 is 2.00 bits per heavy atom. The monoisotopic (exact) mass is 364 g/mol. The van der Waals surface area contributed by atoms with Crippen LogP contribution in [0, 0.1) is 23.2 Å². The zero-order valence-electron chi connectivity index (χ0n) is 17.8. The van der Waals surface area contributed by atoms with E-state index in [9.17, 15) is 4.79 Å². The molecule has 0 aromatic heterocycles. The molecule has 2 bridgehead atoms. The number of hydrogen-bond donors (Lipinski definition) is 0. The van der Waals surface area contributed by atoms with Crippen molar-refractivity contribution < 1.29 is 18.8 Å². The highest BCUT2D eigenvalue weighted by Crippen LogP contribution is 2.65. The van der Waals surface area contributed by atoms with Crippen molar-refractivity contribution in [3.8, 4) is 0 Å². The van der Waals surface area contributed by atoms with Crippen molar-refractivity contribution in [3.63, 3.8) is 0 Å². The van der Waals surface area contributed by atoms with E-state index in [-0.39, 0.29) is 24.5 Å². The van der Waals surface area contributed by atoms with Crippen molar-refractivity contribution in [3.05, 3.63) is 0 Å². The van der Waals surface area contributed by atoms with Crippen LogP contribution in [0.5, 0.6) is 0 Å². The lowest BCUT2D eigenvalue weighted by Crippen LogP contribution is -2.62. The number of rotatable bonds is 5. The summed E-state index contributed by atoms with van der Waals surface area (Å²) in [6.45, 7) is 15.6. The second kappa shape index (κ2) is 6.81. The summed E-state index contributed by atoms with van der Waals surface area (Å²) in [5.41, 5.74) is -0.228. The molecule has 3 saturated carbocycles. The molecule has 4 nitrogen and oxygen atoms in total. The summed E-state index contributed by atoms with van der Waals surface area (Å²) in [6, 6.07) is 0. The van der Waals surface area contributed by atoms with Gasteiger partial charge in [0.2, 0.25) is 0 Å². The molecule has 1 aliphatic heterocycles. The standard InChI is InChI=1S/C21H37BO4/c1-14(2)10-16(12-18(23)25-19(3,4)5)22-24-13-21(26-22)9-8-15-11-17(21)20(15,6)7/h14-17H,8-13H2,1-7H3/t15?,16-,17?,21?/m1/s1. The van der Waals surface area contributed by atoms with E-state index < -0.39 is 5.60 Å². The SMILES string of the molecule is CC(C)C[C@H](CC(=O)OC(C)(C)C)B1OCC2(CCC3CC2C3(C)C)O1. The molecule has 3 unspecified atom stereocenters. The first-order valence-electron chi connectivity index (χ1n) is 10.4. The minimum absolute atomic E-state index is 0.0603. The molecule has 1 heterocycles. The molecular formula is C21H37BO4. The summed E-state index contributed by atoms with van der Waals surface area (Å²) in [5.74, 6) is 1.82. The van der Waals surface area contributed by atoms with Crippen LogP contribution in [-0.4, -0.2) is 30.9 Å². The van der Waals surface area contributed by atoms with E-state index >= 15 is 0 Å². The van der Waals surface area contributed by atoms with Gasteiger partial charge in [0, 0.05) is 12.2 Å². The summed E-state index contributed by atoms with van der Waals surface area (Å²) in [5, 5.41) is 0. The molecule has 4 rings (SSSR count). The summed E-state index contributed by atoms with van der Waals surface area (Å²) in [7, 11) is -0.280. The van der Waals surface area contributed by atoms with Gasteiger partial charge in [0.05, 0.1) is 12.2 Å². The first-order valence-corrected chi connectivity index (χ1v) is 10.4. The molecule has 4 atom stereocenters. The molecule has 0 amide bonds. The van der Waals surface area contributed by atoms with Crippen LogP contribution in [-0.2, 0) is 18.8 Å². The number of ether oxygens (including phenoxy) is 1. The summed E-state index contributed by atoms with van der Waals surface area (Å²) < 4.78 is 18.4. The molecule has 4 aliphatic rings. The molecule has 4 fully saturated rings. The fraction of sp³-hybridized carbons (Fsp3) is 0.952. The van der Waals surface area contributed by atoms with Crippen LogP contribution in [0.1, 0.15) is 80.6 Å². The first kappa shape index (κ1) is 20.2. The van der Waals surface area contributed by atoms with Crippen molar-refractivity contribution >= 4 is 13.1 Å². The molecule has 1 saturated heterocycles. The third kappa shape index (κ3) is 3.85. The van der Waals surface area contributed by atoms with Gasteiger partial charge in [-0.25, -0.2) is 0 Å². The number of carbonyl (C=O) groups is 1. The molecular weight excluding hydrogens is 327 g/mol. The van der Waals surface area contributed by atoms with Crippen LogP contribution in [0.4, 0.5) is 0 Å². The second-order valence-corrected chi connectivity index (χ2v) is 10.9. The fourth-order valence-corrected chi connectivity index (χ4v) is 5.55. The molecule has 26 heavy (non-hydrogen) atoms. The lowest BCUT2D eigenvalue weighted by atomic mass is 9.44. The van der Waals surface area contributed by atoms with Crippen molar-refractivity contribution in [1.82, 2.24) is 0 Å². The molecule has 3 aliphatic carbocycles. The maximum atomic E-state index is 12.4. The smallest absolute Gasteiger partial charge is 0.460 e. The minimum atomic E-state index is -0.452. The van der Waals surface area contributed by atoms with Gasteiger partial charge in [0.15, 0.2) is 0 Å². The average Bonchev–Trinajstić information content (AvgIpc) is 2.87. The quantitative estimate of drug-likeness (QED) is 0.516. The van der Waals surface area contributed by atoms with Crippen molar-refractivity contribution in [2.45, 2.75) is 97.6 Å². The third-order valence-electron chi connectivity index (χ3n) is 6.87. The highest BCUT2D eigenvalue weighted by atomic mass is 16.7. The molecule has 0 aromatic rings. The fourth-order valence-electron chi connectivity index (χ4n) is 5.55. The Bertz CT molecular complexity index is 537. The maximum absolute atomic E-state index is 12.4. The summed E-state index contributed by atoms with van der Waals surface area (Å²) in [4.78, 5) is 12.4. The number of carbonyl (C=O) groups excluding carboxylic acids is 1. The summed E-state index contributed by atoms with van der Waals surface area (Å²) >= 11 is 0. The Balaban J connectivity index is 1.67. The maximum Gasteiger partial charge on any atom is 0.461 e. The van der Waals surface area contributed by atoms with E-state index in [2.05, 4.69) is 27.7 Å². The van der Waals surface area contributed by atoms with Gasteiger partial charge in [-0.2, -0.15) is 0 Å². The predicted molar refractivity (Wildman–Crippen MR) is 104 cm³/mol. The van der Waals surface area contributed by atoms with E-state index in [0.717, 1.165) is 18.8 Å². The van der Waals surface area contributed by atoms with Crippen molar-refractivity contribution in [2.24, 2.45) is 23.2 Å². The number of fused-ring (bicyclic) bond motifs is 1. The van der Waals surface area contributed by atoms with Gasteiger partial charge in [0.25, 0.3) is 0 Å². The largest absolute Gasteiger partial charge is 0.461 e. The first-order chi connectivity index (χ1) is 11.9. The highest BCUT2D eigenvalue weighted by molar-refractivity contribution is 6.47. The molecule has 148 valence electrons. The Morgan fingerprint density at radius 1 is 1.31 bits per heavy atom. The van der Waals surface area contributed by atoms with Crippen LogP contribution in [0.3, 0.4) is 0 Å². The van der Waals surface area contributed by atoms with E-state index in [4.69, 9.17) is 14.0 Å². The Morgan fingerprint density at radius 3 is 2.54 bits per heavy atom. The van der Waals surface area contributed by atoms with Crippen molar-refractivity contribution in [2.75, 3.05) is 6.61 Å². The van der Waals surface area contributed by atoms with E-state index in [1.807, 2.05) is 20.8 Å². The third-order valence-corrected chi connectivity index (χ3v) is 6.87. The van der Waals surface area contributed by atoms with Crippen LogP contribution >= 0.6 is 0 Å². The van der Waals surface area contributed by atoms with E-state index in [0.29, 0.717) is 30.3 Å². The number of esters is 1. The predicted octanol–water partition coefficient (Wildman–Crippen LogP) is 4.86. The summed E-state index contributed by atoms with van der Waals surface area (Å²) in [6.07, 6.45) is 4.89. The zero-order valence-corrected chi connectivity index (χ0v) is 17.8. The zero-order chi connectivity index (χ0) is 19.3. The average molecular weight is 364 g/mol. The molecule has 0 N–H and O–H groups in total. The van der Waals surface area contributed by atoms with Crippen molar-refractivity contribution in [1.29, 1.82) is 0 Å². The van der Waals surface area contributed by atoms with Gasteiger partial charge in [-0.05, 0) is 69.6 Å². The van der Waals surface area contributed by atoms with E-state index in [1.165, 1.54) is 12.8 Å². The van der Waals surface area contributed by atoms with Gasteiger partial charge in [0.1, 0.15) is 5.60 Å².